The summed E-state index contributed by atoms with van der Waals surface area (Å²) < 4.78 is 16.8. The molecule has 4 heteroatoms. The van der Waals surface area contributed by atoms with Crippen LogP contribution in [0.1, 0.15) is 0 Å². The molecule has 1 aromatic carbocycles. The van der Waals surface area contributed by atoms with E-state index in [4.69, 9.17) is 5.11 Å². The fraction of sp³-hybridized carbons (Fsp3) is 0.125. The maximum absolute atomic E-state index is 12.4. The highest BCUT2D eigenvalue weighted by Crippen LogP contribution is 2.11. The van der Waals surface area contributed by atoms with Crippen molar-refractivity contribution >= 4 is 5.97 Å². The van der Waals surface area contributed by atoms with E-state index in [0.717, 1.165) is 0 Å². The van der Waals surface area contributed by atoms with Crippen molar-refractivity contribution in [3.63, 3.8) is 0 Å². The molecule has 0 bridgehead atoms. The van der Waals surface area contributed by atoms with Gasteiger partial charge in [-0.2, -0.15) is 4.39 Å². The zero-order valence-corrected chi connectivity index (χ0v) is 6.11. The Kier molecular flexibility index (Phi) is 2.63. The van der Waals surface area contributed by atoms with Crippen LogP contribution in [0.5, 0.6) is 5.75 Å². The van der Waals surface area contributed by atoms with E-state index in [2.05, 4.69) is 4.74 Å². The molecule has 0 aliphatic rings. The lowest BCUT2D eigenvalue weighted by Crippen LogP contribution is -2.21. The fourth-order valence-corrected chi connectivity index (χ4v) is 0.669. The van der Waals surface area contributed by atoms with E-state index in [0.29, 0.717) is 0 Å². The predicted molar refractivity (Wildman–Crippen MR) is 39.6 cm³/mol. The van der Waals surface area contributed by atoms with Gasteiger partial charge in [0.2, 0.25) is 0 Å². The number of para-hydroxylation sites is 1. The van der Waals surface area contributed by atoms with E-state index in [1.54, 1.807) is 18.2 Å². The average Bonchev–Trinajstić information content (AvgIpc) is 2.06. The van der Waals surface area contributed by atoms with Gasteiger partial charge in [0.1, 0.15) is 5.75 Å². The average molecular weight is 170 g/mol. The van der Waals surface area contributed by atoms with Crippen molar-refractivity contribution in [2.45, 2.75) is 6.36 Å². The Morgan fingerprint density at radius 1 is 1.42 bits per heavy atom. The SMILES string of the molecule is O=C(O)C(F)Oc1ccccc1. The van der Waals surface area contributed by atoms with Gasteiger partial charge >= 0.3 is 12.3 Å². The number of carboxylic acid groups (broad SMARTS) is 1. The van der Waals surface area contributed by atoms with Gasteiger partial charge in [-0.1, -0.05) is 18.2 Å². The number of halogens is 1. The molecular weight excluding hydrogens is 163 g/mol. The second-order valence-electron chi connectivity index (χ2n) is 2.09. The minimum Gasteiger partial charge on any atom is -0.476 e. The predicted octanol–water partition coefficient (Wildman–Crippen LogP) is 1.45. The molecule has 0 saturated heterocycles. The van der Waals surface area contributed by atoms with Crippen LogP contribution in [0, 0.1) is 0 Å². The topological polar surface area (TPSA) is 46.5 Å². The van der Waals surface area contributed by atoms with Gasteiger partial charge < -0.3 is 9.84 Å². The first kappa shape index (κ1) is 8.52. The molecule has 1 aromatic rings. The number of carboxylic acids is 1. The molecule has 0 aliphatic carbocycles. The summed E-state index contributed by atoms with van der Waals surface area (Å²) in [7, 11) is 0. The minimum absolute atomic E-state index is 0.201. The van der Waals surface area contributed by atoms with Crippen LogP contribution >= 0.6 is 0 Å². The number of rotatable bonds is 3. The second-order valence-corrected chi connectivity index (χ2v) is 2.09. The summed E-state index contributed by atoms with van der Waals surface area (Å²) in [5.41, 5.74) is 0. The lowest BCUT2D eigenvalue weighted by Gasteiger charge is -2.05. The maximum Gasteiger partial charge on any atom is 0.378 e. The molecule has 1 unspecified atom stereocenters. The summed E-state index contributed by atoms with van der Waals surface area (Å²) in [6.45, 7) is 0. The molecule has 1 N–H and O–H groups in total. The fourth-order valence-electron chi connectivity index (χ4n) is 0.669. The molecule has 0 spiro atoms. The van der Waals surface area contributed by atoms with Gasteiger partial charge in [0.25, 0.3) is 0 Å². The molecule has 1 rings (SSSR count). The molecule has 0 saturated carbocycles. The lowest BCUT2D eigenvalue weighted by atomic mass is 10.3. The number of hydrogen-bond acceptors (Lipinski definition) is 2. The Morgan fingerprint density at radius 3 is 2.50 bits per heavy atom. The number of hydrogen-bond donors (Lipinski definition) is 1. The van der Waals surface area contributed by atoms with Crippen LogP contribution in [0.4, 0.5) is 4.39 Å². The number of aliphatic carboxylic acids is 1. The first-order valence-electron chi connectivity index (χ1n) is 3.29. The number of alkyl halides is 1. The number of carbonyl (C=O) groups is 1. The third-order valence-electron chi connectivity index (χ3n) is 1.18. The van der Waals surface area contributed by atoms with Crippen molar-refractivity contribution in [3.05, 3.63) is 30.3 Å². The van der Waals surface area contributed by atoms with Crippen LogP contribution in [0.3, 0.4) is 0 Å². The first-order chi connectivity index (χ1) is 5.70. The molecule has 0 fully saturated rings. The zero-order valence-electron chi connectivity index (χ0n) is 6.11. The van der Waals surface area contributed by atoms with E-state index in [1.165, 1.54) is 12.1 Å². The molecule has 64 valence electrons. The third kappa shape index (κ3) is 2.23. The summed E-state index contributed by atoms with van der Waals surface area (Å²) >= 11 is 0. The van der Waals surface area contributed by atoms with Gasteiger partial charge in [0, 0.05) is 0 Å². The Bertz CT molecular complexity index is 260. The maximum atomic E-state index is 12.4. The van der Waals surface area contributed by atoms with E-state index < -0.39 is 12.3 Å². The molecule has 0 heterocycles. The summed E-state index contributed by atoms with van der Waals surface area (Å²) in [5, 5.41) is 8.14. The third-order valence-corrected chi connectivity index (χ3v) is 1.18. The highest BCUT2D eigenvalue weighted by molar-refractivity contribution is 5.70. The Balaban J connectivity index is 2.58. The van der Waals surface area contributed by atoms with E-state index >= 15 is 0 Å². The van der Waals surface area contributed by atoms with Crippen LogP contribution in [0.25, 0.3) is 0 Å². The normalized spacial score (nSPS) is 12.1. The van der Waals surface area contributed by atoms with Crippen LogP contribution in [0.2, 0.25) is 0 Å². The van der Waals surface area contributed by atoms with Gasteiger partial charge in [0.15, 0.2) is 0 Å². The van der Waals surface area contributed by atoms with Gasteiger partial charge in [0.05, 0.1) is 0 Å². The molecule has 0 aliphatic heterocycles. The van der Waals surface area contributed by atoms with Crippen molar-refractivity contribution in [1.82, 2.24) is 0 Å². The molecule has 0 radical (unpaired) electrons. The molecule has 1 atom stereocenters. The van der Waals surface area contributed by atoms with Gasteiger partial charge in [-0.25, -0.2) is 4.79 Å². The smallest absolute Gasteiger partial charge is 0.378 e. The Hall–Kier alpha value is -1.58. The van der Waals surface area contributed by atoms with E-state index in [1.807, 2.05) is 0 Å². The first-order valence-corrected chi connectivity index (χ1v) is 3.29. The summed E-state index contributed by atoms with van der Waals surface area (Å²) in [6.07, 6.45) is -2.30. The molecule has 0 amide bonds. The summed E-state index contributed by atoms with van der Waals surface area (Å²) in [4.78, 5) is 10.0. The van der Waals surface area contributed by atoms with E-state index in [9.17, 15) is 9.18 Å². The summed E-state index contributed by atoms with van der Waals surface area (Å²) in [5.74, 6) is -1.42. The Labute approximate surface area is 68.4 Å². The van der Waals surface area contributed by atoms with Crippen LogP contribution in [0.15, 0.2) is 30.3 Å². The van der Waals surface area contributed by atoms with E-state index in [-0.39, 0.29) is 5.75 Å². The van der Waals surface area contributed by atoms with Gasteiger partial charge in [-0.05, 0) is 12.1 Å². The van der Waals surface area contributed by atoms with Crippen molar-refractivity contribution in [1.29, 1.82) is 0 Å². The zero-order chi connectivity index (χ0) is 8.97. The lowest BCUT2D eigenvalue weighted by molar-refractivity contribution is -0.153. The van der Waals surface area contributed by atoms with Crippen molar-refractivity contribution in [2.75, 3.05) is 0 Å². The highest BCUT2D eigenvalue weighted by atomic mass is 19.1. The van der Waals surface area contributed by atoms with Crippen molar-refractivity contribution < 1.29 is 19.0 Å². The molecular formula is C8H7FO3. The van der Waals surface area contributed by atoms with Crippen LogP contribution < -0.4 is 4.74 Å². The Morgan fingerprint density at radius 2 is 2.00 bits per heavy atom. The number of benzene rings is 1. The van der Waals surface area contributed by atoms with Gasteiger partial charge in [-0.15, -0.1) is 0 Å². The molecule has 12 heavy (non-hydrogen) atoms. The number of ether oxygens (including phenoxy) is 1. The summed E-state index contributed by atoms with van der Waals surface area (Å²) in [6, 6.07) is 7.94. The van der Waals surface area contributed by atoms with Crippen LogP contribution in [-0.4, -0.2) is 17.4 Å². The second kappa shape index (κ2) is 3.71. The van der Waals surface area contributed by atoms with Crippen LogP contribution in [-0.2, 0) is 4.79 Å². The monoisotopic (exact) mass is 170 g/mol. The molecule has 0 aromatic heterocycles. The highest BCUT2D eigenvalue weighted by Gasteiger charge is 2.16. The van der Waals surface area contributed by atoms with Crippen molar-refractivity contribution in [3.8, 4) is 5.75 Å². The minimum atomic E-state index is -2.30. The van der Waals surface area contributed by atoms with Gasteiger partial charge in [-0.3, -0.25) is 0 Å². The molecule has 3 nitrogen and oxygen atoms in total. The van der Waals surface area contributed by atoms with Crippen molar-refractivity contribution in [2.24, 2.45) is 0 Å². The standard InChI is InChI=1S/C8H7FO3/c9-7(8(10)11)12-6-4-2-1-3-5-6/h1-5,7H,(H,10,11). The largest absolute Gasteiger partial charge is 0.476 e. The quantitative estimate of drug-likeness (QED) is 0.746.